The Morgan fingerprint density at radius 3 is 2.27 bits per heavy atom. The number of hydrogen-bond donors (Lipinski definition) is 2. The van der Waals surface area contributed by atoms with Gasteiger partial charge in [-0.15, -0.1) is 0 Å². The molecule has 2 N–H and O–H groups in total. The van der Waals surface area contributed by atoms with Gasteiger partial charge >= 0.3 is 5.97 Å². The van der Waals surface area contributed by atoms with Gasteiger partial charge in [0.05, 0.1) is 28.8 Å². The summed E-state index contributed by atoms with van der Waals surface area (Å²) in [5.74, 6) is -1.69. The number of carboxylic acids is 1. The van der Waals surface area contributed by atoms with Gasteiger partial charge in [0.25, 0.3) is 5.91 Å². The van der Waals surface area contributed by atoms with Crippen molar-refractivity contribution in [2.45, 2.75) is 6.92 Å². The maximum absolute atomic E-state index is 13.0. The molecule has 4 aromatic rings. The predicted molar refractivity (Wildman–Crippen MR) is 126 cm³/mol. The molecule has 0 atom stereocenters. The number of halogens is 3. The van der Waals surface area contributed by atoms with E-state index in [0.717, 1.165) is 18.0 Å². The summed E-state index contributed by atoms with van der Waals surface area (Å²) in [6.45, 7) is 1.76. The molecule has 2 aromatic carbocycles. The van der Waals surface area contributed by atoms with Crippen LogP contribution < -0.4 is 5.32 Å². The van der Waals surface area contributed by atoms with Crippen LogP contribution in [0, 0.1) is 6.92 Å². The van der Waals surface area contributed by atoms with Gasteiger partial charge in [0.1, 0.15) is 0 Å². The molecule has 0 aliphatic carbocycles. The molecule has 0 saturated heterocycles. The Morgan fingerprint density at radius 1 is 0.970 bits per heavy atom. The third kappa shape index (κ3) is 4.68. The zero-order valence-corrected chi connectivity index (χ0v) is 19.2. The first-order valence-corrected chi connectivity index (χ1v) is 10.6. The molecule has 0 saturated carbocycles. The molecule has 2 heterocycles. The highest BCUT2D eigenvalue weighted by Gasteiger charge is 2.23. The highest BCUT2D eigenvalue weighted by molar-refractivity contribution is 6.35. The Hall–Kier alpha value is -3.46. The second kappa shape index (κ2) is 9.19. The average Bonchev–Trinajstić information content (AvgIpc) is 3.11. The molecule has 0 fully saturated rings. The second-order valence-corrected chi connectivity index (χ2v) is 8.16. The lowest BCUT2D eigenvalue weighted by Crippen LogP contribution is -2.16. The Labute approximate surface area is 202 Å². The molecular weight excluding hydrogens is 489 g/mol. The van der Waals surface area contributed by atoms with E-state index in [1.165, 1.54) is 0 Å². The van der Waals surface area contributed by atoms with Crippen molar-refractivity contribution in [1.29, 1.82) is 0 Å². The predicted octanol–water partition coefficient (Wildman–Crippen LogP) is 5.55. The average molecular weight is 503 g/mol. The fraction of sp³-hybridized carbons (Fsp3) is 0.0455. The van der Waals surface area contributed by atoms with Gasteiger partial charge in [0.15, 0.2) is 17.2 Å². The van der Waals surface area contributed by atoms with Crippen LogP contribution in [0.1, 0.15) is 26.5 Å². The SMILES string of the molecule is Cc1c(C(=O)Nc2cnc(C(=O)O)cn2)nn(-c2ccc(Cl)cc2Cl)c1-c1ccc(Cl)cc1. The summed E-state index contributed by atoms with van der Waals surface area (Å²) in [4.78, 5) is 31.6. The highest BCUT2D eigenvalue weighted by Crippen LogP contribution is 2.33. The first-order valence-electron chi connectivity index (χ1n) is 9.42. The number of aromatic nitrogens is 4. The fourth-order valence-corrected chi connectivity index (χ4v) is 3.78. The van der Waals surface area contributed by atoms with Crippen LogP contribution in [0.2, 0.25) is 15.1 Å². The van der Waals surface area contributed by atoms with Gasteiger partial charge in [-0.2, -0.15) is 5.10 Å². The number of carbonyl (C=O) groups is 2. The van der Waals surface area contributed by atoms with Crippen LogP contribution in [-0.2, 0) is 0 Å². The fourth-order valence-electron chi connectivity index (χ4n) is 3.16. The minimum atomic E-state index is -1.22. The molecule has 0 aliphatic heterocycles. The van der Waals surface area contributed by atoms with Crippen molar-refractivity contribution in [3.05, 3.63) is 86.9 Å². The summed E-state index contributed by atoms with van der Waals surface area (Å²) in [5.41, 5.74) is 2.38. The zero-order chi connectivity index (χ0) is 23.7. The molecule has 11 heteroatoms. The van der Waals surface area contributed by atoms with E-state index in [4.69, 9.17) is 39.9 Å². The minimum absolute atomic E-state index is 0.0801. The van der Waals surface area contributed by atoms with Crippen molar-refractivity contribution in [3.8, 4) is 16.9 Å². The highest BCUT2D eigenvalue weighted by atomic mass is 35.5. The van der Waals surface area contributed by atoms with Crippen LogP contribution >= 0.6 is 34.8 Å². The van der Waals surface area contributed by atoms with Gasteiger partial charge in [0, 0.05) is 21.2 Å². The number of rotatable bonds is 5. The zero-order valence-electron chi connectivity index (χ0n) is 16.9. The van der Waals surface area contributed by atoms with Gasteiger partial charge in [-0.05, 0) is 37.3 Å². The summed E-state index contributed by atoms with van der Waals surface area (Å²) in [7, 11) is 0. The molecule has 2 aromatic heterocycles. The second-order valence-electron chi connectivity index (χ2n) is 6.88. The van der Waals surface area contributed by atoms with E-state index in [-0.39, 0.29) is 17.2 Å². The Bertz CT molecular complexity index is 1370. The van der Waals surface area contributed by atoms with Crippen LogP contribution in [0.3, 0.4) is 0 Å². The lowest BCUT2D eigenvalue weighted by molar-refractivity contribution is 0.0690. The molecule has 0 aliphatic rings. The van der Waals surface area contributed by atoms with Crippen molar-refractivity contribution < 1.29 is 14.7 Å². The van der Waals surface area contributed by atoms with Crippen molar-refractivity contribution in [3.63, 3.8) is 0 Å². The molecule has 0 spiro atoms. The van der Waals surface area contributed by atoms with Crippen molar-refractivity contribution in [1.82, 2.24) is 19.7 Å². The summed E-state index contributed by atoms with van der Waals surface area (Å²) in [5, 5.41) is 17.4. The number of carboxylic acid groups (broad SMARTS) is 1. The maximum Gasteiger partial charge on any atom is 0.356 e. The number of carbonyl (C=O) groups excluding carboxylic acids is 1. The molecule has 166 valence electrons. The van der Waals surface area contributed by atoms with Crippen molar-refractivity contribution >= 4 is 52.5 Å². The van der Waals surface area contributed by atoms with E-state index in [2.05, 4.69) is 20.4 Å². The molecule has 8 nitrogen and oxygen atoms in total. The van der Waals surface area contributed by atoms with Gasteiger partial charge in [-0.3, -0.25) is 4.79 Å². The summed E-state index contributed by atoms with van der Waals surface area (Å²) < 4.78 is 1.56. The smallest absolute Gasteiger partial charge is 0.356 e. The van der Waals surface area contributed by atoms with Crippen LogP contribution in [0.25, 0.3) is 16.9 Å². The van der Waals surface area contributed by atoms with Crippen molar-refractivity contribution in [2.75, 3.05) is 5.32 Å². The molecule has 4 rings (SSSR count). The maximum atomic E-state index is 13.0. The summed E-state index contributed by atoms with van der Waals surface area (Å²) in [6.07, 6.45) is 2.21. The largest absolute Gasteiger partial charge is 0.476 e. The summed E-state index contributed by atoms with van der Waals surface area (Å²) in [6, 6.07) is 12.0. The molecular formula is C22H14Cl3N5O3. The van der Waals surface area contributed by atoms with Gasteiger partial charge < -0.3 is 10.4 Å². The first-order chi connectivity index (χ1) is 15.7. The standard InChI is InChI=1S/C22H14Cl3N5O3/c1-11-19(21(31)28-18-10-26-16(9-27-18)22(32)33)29-30(17-7-6-14(24)8-15(17)25)20(11)12-2-4-13(23)5-3-12/h2-10H,1H3,(H,32,33)(H,27,28,31). The van der Waals surface area contributed by atoms with E-state index in [9.17, 15) is 9.59 Å². The Kier molecular flexibility index (Phi) is 6.33. The molecule has 1 amide bonds. The Morgan fingerprint density at radius 2 is 1.67 bits per heavy atom. The molecule has 0 bridgehead atoms. The third-order valence-electron chi connectivity index (χ3n) is 4.71. The normalized spacial score (nSPS) is 10.8. The lowest BCUT2D eigenvalue weighted by atomic mass is 10.1. The van der Waals surface area contributed by atoms with E-state index in [0.29, 0.717) is 32.0 Å². The monoisotopic (exact) mass is 501 g/mol. The molecule has 0 unspecified atom stereocenters. The number of nitrogens with zero attached hydrogens (tertiary/aromatic N) is 4. The number of benzene rings is 2. The van der Waals surface area contributed by atoms with Gasteiger partial charge in [-0.1, -0.05) is 46.9 Å². The topological polar surface area (TPSA) is 110 Å². The lowest BCUT2D eigenvalue weighted by Gasteiger charge is -2.11. The number of nitrogens with one attached hydrogen (secondary N) is 1. The van der Waals surface area contributed by atoms with Crippen LogP contribution in [0.4, 0.5) is 5.82 Å². The van der Waals surface area contributed by atoms with E-state index >= 15 is 0 Å². The minimum Gasteiger partial charge on any atom is -0.476 e. The number of amides is 1. The summed E-state index contributed by atoms with van der Waals surface area (Å²) >= 11 is 18.5. The van der Waals surface area contributed by atoms with Gasteiger partial charge in [0.2, 0.25) is 0 Å². The quantitative estimate of drug-likeness (QED) is 0.370. The van der Waals surface area contributed by atoms with E-state index in [1.807, 2.05) is 12.1 Å². The van der Waals surface area contributed by atoms with E-state index < -0.39 is 11.9 Å². The molecule has 33 heavy (non-hydrogen) atoms. The Balaban J connectivity index is 1.79. The van der Waals surface area contributed by atoms with Crippen LogP contribution in [0.15, 0.2) is 54.9 Å². The third-order valence-corrected chi connectivity index (χ3v) is 5.50. The van der Waals surface area contributed by atoms with E-state index in [1.54, 1.807) is 41.9 Å². The van der Waals surface area contributed by atoms with Crippen molar-refractivity contribution in [2.24, 2.45) is 0 Å². The number of aromatic carboxylic acids is 1. The van der Waals surface area contributed by atoms with Crippen LogP contribution in [0.5, 0.6) is 0 Å². The van der Waals surface area contributed by atoms with Crippen LogP contribution in [-0.4, -0.2) is 36.7 Å². The first kappa shape index (κ1) is 22.7. The number of hydrogen-bond acceptors (Lipinski definition) is 5. The van der Waals surface area contributed by atoms with Gasteiger partial charge in [-0.25, -0.2) is 19.4 Å². The molecule has 0 radical (unpaired) electrons. The number of anilines is 1.